The Hall–Kier alpha value is -3.94. The highest BCUT2D eigenvalue weighted by molar-refractivity contribution is 6.53. The number of anilines is 2. The first-order valence-corrected chi connectivity index (χ1v) is 21.5. The van der Waals surface area contributed by atoms with Gasteiger partial charge in [-0.3, -0.25) is 19.2 Å². The van der Waals surface area contributed by atoms with Gasteiger partial charge in [0.15, 0.2) is 11.4 Å². The molecule has 0 fully saturated rings. The van der Waals surface area contributed by atoms with Crippen LogP contribution in [0.3, 0.4) is 0 Å². The van der Waals surface area contributed by atoms with Crippen LogP contribution < -0.4 is 14.5 Å². The molecular weight excluding hydrogens is 859 g/mol. The van der Waals surface area contributed by atoms with Crippen molar-refractivity contribution in [3.8, 4) is 5.75 Å². The van der Waals surface area contributed by atoms with E-state index in [0.29, 0.717) is 50.3 Å². The van der Waals surface area contributed by atoms with Gasteiger partial charge in [0.05, 0.1) is 35.7 Å². The summed E-state index contributed by atoms with van der Waals surface area (Å²) in [5.41, 5.74) is 3.88. The standard InChI is InChI=1S/C21H23ClFNO5.C15H22ClNO2.C8H11Cl2NO/c1-2-3-6-9-28-19(25)12-29-18-11-17(16(23)10-15(18)22)24-20(26)13-7-4-5-8-14(13)21(24)27;1-5-13-8-6-7-11(2)15(13)17(14(18)9-16)12(3)10-19-4;1-3-5-11(6-4-2)8(12)7(9)10/h10-11H,2-9,12H2,1H3;6-8,12H,5,9-10H2,1-4H3;3-4,7H,1-2,5-6H2. The fourth-order valence-electron chi connectivity index (χ4n) is 6.50. The van der Waals surface area contributed by atoms with Crippen molar-refractivity contribution in [2.75, 3.05) is 55.7 Å². The minimum absolute atomic E-state index is 0.000883. The van der Waals surface area contributed by atoms with E-state index in [9.17, 15) is 28.4 Å². The second-order valence-electron chi connectivity index (χ2n) is 13.8. The van der Waals surface area contributed by atoms with E-state index >= 15 is 0 Å². The van der Waals surface area contributed by atoms with Gasteiger partial charge in [0.2, 0.25) is 5.91 Å². The number of methoxy groups -OCH3 is 1. The molecule has 16 heteroatoms. The molecule has 0 saturated carbocycles. The largest absolute Gasteiger partial charge is 0.480 e. The molecule has 4 rings (SSSR count). The van der Waals surface area contributed by atoms with Gasteiger partial charge >= 0.3 is 5.97 Å². The highest BCUT2D eigenvalue weighted by Crippen LogP contribution is 2.39. The van der Waals surface area contributed by atoms with Crippen molar-refractivity contribution in [2.45, 2.75) is 89.9 Å². The predicted octanol–water partition coefficient (Wildman–Crippen LogP) is 9.49. The third-order valence-corrected chi connectivity index (χ3v) is 10.3. The van der Waals surface area contributed by atoms with Crippen LogP contribution in [0.2, 0.25) is 5.02 Å². The first kappa shape index (κ1) is 52.2. The van der Waals surface area contributed by atoms with E-state index < -0.39 is 35.0 Å². The van der Waals surface area contributed by atoms with Crippen LogP contribution in [0, 0.1) is 12.7 Å². The Morgan fingerprint density at radius 2 is 1.62 bits per heavy atom. The van der Waals surface area contributed by atoms with E-state index in [0.717, 1.165) is 66.3 Å². The highest BCUT2D eigenvalue weighted by Gasteiger charge is 2.41. The smallest absolute Gasteiger partial charge is 0.344 e. The van der Waals surface area contributed by atoms with Gasteiger partial charge in [0.1, 0.15) is 17.4 Å². The molecule has 2 aliphatic rings. The molecule has 0 spiro atoms. The van der Waals surface area contributed by atoms with Gasteiger partial charge in [-0.25, -0.2) is 14.1 Å². The number of imide groups is 1. The van der Waals surface area contributed by atoms with E-state index in [1.165, 1.54) is 11.0 Å². The Morgan fingerprint density at radius 3 is 2.13 bits per heavy atom. The van der Waals surface area contributed by atoms with Crippen LogP contribution in [0.25, 0.3) is 0 Å². The normalized spacial score (nSPS) is 13.7. The number of benzene rings is 2. The summed E-state index contributed by atoms with van der Waals surface area (Å²) in [6, 6.07) is 8.19. The molecule has 0 N–H and O–H groups in total. The monoisotopic (exact) mass is 913 g/mol. The third-order valence-electron chi connectivity index (χ3n) is 9.36. The maximum atomic E-state index is 14.5. The summed E-state index contributed by atoms with van der Waals surface area (Å²) in [4.78, 5) is 63.6. The summed E-state index contributed by atoms with van der Waals surface area (Å²) >= 11 is 22.6. The number of para-hydroxylation sites is 1. The predicted molar refractivity (Wildman–Crippen MR) is 238 cm³/mol. The lowest BCUT2D eigenvalue weighted by atomic mass is 9.93. The van der Waals surface area contributed by atoms with Crippen LogP contribution in [-0.4, -0.2) is 91.3 Å². The molecule has 2 aromatic rings. The summed E-state index contributed by atoms with van der Waals surface area (Å²) in [6.45, 7) is 16.4. The molecule has 0 aromatic heterocycles. The molecule has 2 aromatic carbocycles. The Kier molecular flexibility index (Phi) is 23.6. The number of ether oxygens (including phenoxy) is 3. The molecule has 330 valence electrons. The Balaban J connectivity index is 0.000000344. The molecule has 1 aliphatic heterocycles. The van der Waals surface area contributed by atoms with Crippen molar-refractivity contribution in [3.05, 3.63) is 88.8 Å². The average Bonchev–Trinajstić information content (AvgIpc) is 3.48. The average molecular weight is 916 g/mol. The molecule has 11 nitrogen and oxygen atoms in total. The zero-order valence-electron chi connectivity index (χ0n) is 35.0. The number of carbonyl (C=O) groups is 5. The number of rotatable bonds is 19. The molecule has 1 unspecified atom stereocenters. The highest BCUT2D eigenvalue weighted by atomic mass is 35.5. The second-order valence-corrected chi connectivity index (χ2v) is 15.6. The fraction of sp³-hybridized carbons (Fsp3) is 0.477. The molecule has 0 bridgehead atoms. The Morgan fingerprint density at radius 1 is 1.00 bits per heavy atom. The topological polar surface area (TPSA) is 123 Å². The molecule has 1 heterocycles. The van der Waals surface area contributed by atoms with Gasteiger partial charge in [0, 0.05) is 37.4 Å². The molecule has 1 aliphatic carbocycles. The van der Waals surface area contributed by atoms with Crippen molar-refractivity contribution in [2.24, 2.45) is 0 Å². The first-order chi connectivity index (χ1) is 28.6. The Bertz CT molecular complexity index is 1820. The SMILES string of the molecule is C=CCN(CC=C)C(=O)C(Cl)Cl.CCCCCOC(=O)COc1cc(N2C(=O)C3=C(CCCC3)C2=O)c(F)cc1Cl.CCc1cccc(C)c1N(C(=O)CCl)C(C)COC. The summed E-state index contributed by atoms with van der Waals surface area (Å²) < 4.78 is 30.1. The van der Waals surface area contributed by atoms with Crippen LogP contribution in [-0.2, 0) is 39.9 Å². The Labute approximate surface area is 373 Å². The van der Waals surface area contributed by atoms with E-state index in [1.54, 1.807) is 24.2 Å². The second kappa shape index (κ2) is 27.1. The number of alkyl halides is 3. The van der Waals surface area contributed by atoms with Gasteiger partial charge in [-0.15, -0.1) is 24.8 Å². The lowest BCUT2D eigenvalue weighted by molar-refractivity contribution is -0.146. The molecule has 60 heavy (non-hydrogen) atoms. The van der Waals surface area contributed by atoms with Crippen molar-refractivity contribution < 1.29 is 42.6 Å². The molecular formula is C44H56Cl4FN3O8. The molecule has 4 amide bonds. The summed E-state index contributed by atoms with van der Waals surface area (Å²) in [5, 5.41) is -0.0677. The van der Waals surface area contributed by atoms with E-state index in [1.807, 2.05) is 32.9 Å². The maximum Gasteiger partial charge on any atom is 0.344 e. The maximum absolute atomic E-state index is 14.5. The van der Waals surface area contributed by atoms with Gasteiger partial charge in [-0.1, -0.05) is 91.8 Å². The third kappa shape index (κ3) is 14.9. The van der Waals surface area contributed by atoms with Crippen molar-refractivity contribution in [3.63, 3.8) is 0 Å². The quantitative estimate of drug-likeness (QED) is 0.0449. The lowest BCUT2D eigenvalue weighted by Crippen LogP contribution is -2.43. The minimum Gasteiger partial charge on any atom is -0.480 e. The fourth-order valence-corrected chi connectivity index (χ4v) is 7.11. The van der Waals surface area contributed by atoms with Crippen molar-refractivity contribution >= 4 is 87.4 Å². The lowest BCUT2D eigenvalue weighted by Gasteiger charge is -2.31. The van der Waals surface area contributed by atoms with Gasteiger partial charge in [0.25, 0.3) is 17.7 Å². The number of unbranched alkanes of at least 4 members (excludes halogenated alkanes) is 2. The van der Waals surface area contributed by atoms with E-state index in [2.05, 4.69) is 26.1 Å². The number of aryl methyl sites for hydroxylation is 2. The summed E-state index contributed by atoms with van der Waals surface area (Å²) in [5.74, 6) is -2.84. The van der Waals surface area contributed by atoms with Crippen molar-refractivity contribution in [1.82, 2.24) is 4.90 Å². The molecule has 1 atom stereocenters. The molecule has 0 radical (unpaired) electrons. The first-order valence-electron chi connectivity index (χ1n) is 19.8. The van der Waals surface area contributed by atoms with Crippen LogP contribution in [0.4, 0.5) is 15.8 Å². The van der Waals surface area contributed by atoms with Crippen LogP contribution in [0.1, 0.15) is 76.8 Å². The minimum atomic E-state index is -1.01. The van der Waals surface area contributed by atoms with E-state index in [4.69, 9.17) is 60.6 Å². The van der Waals surface area contributed by atoms with Gasteiger partial charge < -0.3 is 24.0 Å². The number of carbonyl (C=O) groups excluding carboxylic acids is 5. The zero-order chi connectivity index (χ0) is 44.9. The summed E-state index contributed by atoms with van der Waals surface area (Å²) in [7, 11) is 1.64. The van der Waals surface area contributed by atoms with Crippen LogP contribution in [0.5, 0.6) is 5.75 Å². The van der Waals surface area contributed by atoms with Gasteiger partial charge in [-0.2, -0.15) is 0 Å². The van der Waals surface area contributed by atoms with Crippen molar-refractivity contribution in [1.29, 1.82) is 0 Å². The van der Waals surface area contributed by atoms with E-state index in [-0.39, 0.29) is 40.2 Å². The van der Waals surface area contributed by atoms with Gasteiger partial charge in [-0.05, 0) is 69.6 Å². The van der Waals surface area contributed by atoms with Crippen LogP contribution >= 0.6 is 46.4 Å². The number of esters is 1. The number of nitrogens with zero attached hydrogens (tertiary/aromatic N) is 3. The molecule has 0 saturated heterocycles. The number of halogens is 5. The van der Waals surface area contributed by atoms with Crippen LogP contribution in [0.15, 0.2) is 66.8 Å². The number of amides is 4. The summed E-state index contributed by atoms with van der Waals surface area (Å²) in [6.07, 6.45) is 9.49. The number of hydrogen-bond acceptors (Lipinski definition) is 8. The zero-order valence-corrected chi connectivity index (χ0v) is 38.0. The number of hydrogen-bond donors (Lipinski definition) is 0.